The molecule has 0 spiro atoms. The van der Waals surface area contributed by atoms with Gasteiger partial charge in [-0.15, -0.1) is 12.4 Å². The third-order valence-electron chi connectivity index (χ3n) is 5.18. The van der Waals surface area contributed by atoms with Crippen LogP contribution in [0.4, 0.5) is 0 Å². The number of hydrogen-bond acceptors (Lipinski definition) is 4. The van der Waals surface area contributed by atoms with Gasteiger partial charge >= 0.3 is 0 Å². The highest BCUT2D eigenvalue weighted by Crippen LogP contribution is 2.21. The first-order valence-corrected chi connectivity index (χ1v) is 9.82. The van der Waals surface area contributed by atoms with Crippen LogP contribution in [0.5, 0.6) is 5.75 Å². The molecule has 2 aromatic carbocycles. The van der Waals surface area contributed by atoms with E-state index in [1.807, 2.05) is 45.9 Å². The summed E-state index contributed by atoms with van der Waals surface area (Å²) in [6.45, 7) is 2.65. The van der Waals surface area contributed by atoms with E-state index in [1.54, 1.807) is 12.1 Å². The van der Waals surface area contributed by atoms with Gasteiger partial charge in [0.15, 0.2) is 0 Å². The molecule has 2 N–H and O–H groups in total. The zero-order valence-corrected chi connectivity index (χ0v) is 17.5. The van der Waals surface area contributed by atoms with Crippen molar-refractivity contribution in [1.82, 2.24) is 14.5 Å². The molecule has 1 aliphatic rings. The molecule has 4 rings (SSSR count). The summed E-state index contributed by atoms with van der Waals surface area (Å²) in [7, 11) is 0. The van der Waals surface area contributed by atoms with Crippen molar-refractivity contribution in [2.24, 2.45) is 11.7 Å². The number of ether oxygens (including phenoxy) is 1. The first-order chi connectivity index (χ1) is 13.6. The van der Waals surface area contributed by atoms with Crippen molar-refractivity contribution < 1.29 is 9.53 Å². The van der Waals surface area contributed by atoms with E-state index < -0.39 is 0 Å². The standard InChI is InChI=1S/C21H23ClN4O2.ClH/c22-16-5-7-17(8-6-16)28-14-20-24-18-3-1-2-4-19(18)26(20)13-21(27)25-10-9-15(11-23)12-25;/h1-8,15H,9-14,23H2;1H. The molecule has 1 fully saturated rings. The third kappa shape index (κ3) is 4.83. The highest BCUT2D eigenvalue weighted by Gasteiger charge is 2.26. The number of para-hydroxylation sites is 2. The number of nitrogens with zero attached hydrogens (tertiary/aromatic N) is 3. The van der Waals surface area contributed by atoms with Gasteiger partial charge in [-0.25, -0.2) is 4.98 Å². The fourth-order valence-corrected chi connectivity index (χ4v) is 3.70. The number of likely N-dealkylation sites (tertiary alicyclic amines) is 1. The summed E-state index contributed by atoms with van der Waals surface area (Å²) in [6.07, 6.45) is 0.972. The first kappa shape index (κ1) is 21.4. The van der Waals surface area contributed by atoms with E-state index >= 15 is 0 Å². The van der Waals surface area contributed by atoms with E-state index in [1.165, 1.54) is 0 Å². The van der Waals surface area contributed by atoms with Crippen LogP contribution in [0.25, 0.3) is 11.0 Å². The molecule has 2 heterocycles. The lowest BCUT2D eigenvalue weighted by Crippen LogP contribution is -2.33. The number of nitrogens with two attached hydrogens (primary N) is 1. The SMILES string of the molecule is Cl.NCC1CCN(C(=O)Cn2c(COc3ccc(Cl)cc3)nc3ccccc32)C1. The average molecular weight is 435 g/mol. The summed E-state index contributed by atoms with van der Waals surface area (Å²) in [5, 5.41) is 0.659. The monoisotopic (exact) mass is 434 g/mol. The minimum atomic E-state index is 0. The van der Waals surface area contributed by atoms with E-state index in [2.05, 4.69) is 4.98 Å². The summed E-state index contributed by atoms with van der Waals surface area (Å²) in [5.41, 5.74) is 7.54. The number of carbonyl (C=O) groups excluding carboxylic acids is 1. The van der Waals surface area contributed by atoms with E-state index in [9.17, 15) is 4.79 Å². The van der Waals surface area contributed by atoms with Crippen LogP contribution in [0.3, 0.4) is 0 Å². The van der Waals surface area contributed by atoms with Gasteiger partial charge in [-0.05, 0) is 55.3 Å². The van der Waals surface area contributed by atoms with Crippen molar-refractivity contribution in [3.05, 3.63) is 59.4 Å². The van der Waals surface area contributed by atoms with E-state index in [-0.39, 0.29) is 31.5 Å². The molecule has 0 aliphatic carbocycles. The summed E-state index contributed by atoms with van der Waals surface area (Å²) in [4.78, 5) is 19.4. The van der Waals surface area contributed by atoms with Crippen molar-refractivity contribution in [3.63, 3.8) is 0 Å². The molecule has 0 saturated carbocycles. The van der Waals surface area contributed by atoms with Crippen molar-refractivity contribution in [3.8, 4) is 5.75 Å². The number of amides is 1. The molecule has 1 unspecified atom stereocenters. The van der Waals surface area contributed by atoms with Gasteiger partial charge in [-0.1, -0.05) is 23.7 Å². The Morgan fingerprint density at radius 2 is 1.97 bits per heavy atom. The van der Waals surface area contributed by atoms with Crippen LogP contribution < -0.4 is 10.5 Å². The molecule has 1 saturated heterocycles. The largest absolute Gasteiger partial charge is 0.486 e. The van der Waals surface area contributed by atoms with Gasteiger partial charge in [-0.2, -0.15) is 0 Å². The van der Waals surface area contributed by atoms with Gasteiger partial charge < -0.3 is 19.9 Å². The molecule has 1 amide bonds. The Labute approximate surface area is 181 Å². The van der Waals surface area contributed by atoms with Crippen LogP contribution in [-0.2, 0) is 17.9 Å². The van der Waals surface area contributed by atoms with E-state index in [0.717, 1.165) is 36.4 Å². The Hall–Kier alpha value is -2.28. The molecule has 1 aliphatic heterocycles. The minimum absolute atomic E-state index is 0. The van der Waals surface area contributed by atoms with E-state index in [0.29, 0.717) is 23.2 Å². The molecule has 6 nitrogen and oxygen atoms in total. The molecule has 154 valence electrons. The number of rotatable bonds is 6. The van der Waals surface area contributed by atoms with Gasteiger partial charge in [0.1, 0.15) is 24.7 Å². The van der Waals surface area contributed by atoms with Crippen molar-refractivity contribution in [2.75, 3.05) is 19.6 Å². The second-order valence-electron chi connectivity index (χ2n) is 7.08. The zero-order valence-electron chi connectivity index (χ0n) is 16.0. The quantitative estimate of drug-likeness (QED) is 0.643. The summed E-state index contributed by atoms with van der Waals surface area (Å²) >= 11 is 5.93. The molecule has 1 atom stereocenters. The van der Waals surface area contributed by atoms with Crippen LogP contribution in [-0.4, -0.2) is 40.0 Å². The summed E-state index contributed by atoms with van der Waals surface area (Å²) in [5.74, 6) is 1.92. The lowest BCUT2D eigenvalue weighted by molar-refractivity contribution is -0.130. The maximum absolute atomic E-state index is 12.9. The molecule has 8 heteroatoms. The van der Waals surface area contributed by atoms with Crippen LogP contribution in [0.1, 0.15) is 12.2 Å². The lowest BCUT2D eigenvalue weighted by Gasteiger charge is -2.18. The fourth-order valence-electron chi connectivity index (χ4n) is 3.58. The number of halogens is 2. The summed E-state index contributed by atoms with van der Waals surface area (Å²) in [6, 6.07) is 15.0. The zero-order chi connectivity index (χ0) is 19.5. The number of benzene rings is 2. The van der Waals surface area contributed by atoms with Gasteiger partial charge in [0.05, 0.1) is 11.0 Å². The van der Waals surface area contributed by atoms with Crippen LogP contribution >= 0.6 is 24.0 Å². The van der Waals surface area contributed by atoms with Gasteiger partial charge in [-0.3, -0.25) is 4.79 Å². The predicted octanol–water partition coefficient (Wildman–Crippen LogP) is 3.50. The van der Waals surface area contributed by atoms with E-state index in [4.69, 9.17) is 22.1 Å². The predicted molar refractivity (Wildman–Crippen MR) is 117 cm³/mol. The number of hydrogen-bond donors (Lipinski definition) is 1. The molecule has 1 aromatic heterocycles. The minimum Gasteiger partial charge on any atom is -0.486 e. The highest BCUT2D eigenvalue weighted by molar-refractivity contribution is 6.30. The van der Waals surface area contributed by atoms with Gasteiger partial charge in [0.25, 0.3) is 0 Å². The second-order valence-corrected chi connectivity index (χ2v) is 7.51. The Balaban J connectivity index is 0.00000240. The molecular formula is C21H24Cl2N4O2. The highest BCUT2D eigenvalue weighted by atomic mass is 35.5. The number of imidazole rings is 1. The van der Waals surface area contributed by atoms with Crippen molar-refractivity contribution in [1.29, 1.82) is 0 Å². The van der Waals surface area contributed by atoms with Crippen molar-refractivity contribution in [2.45, 2.75) is 19.6 Å². The summed E-state index contributed by atoms with van der Waals surface area (Å²) < 4.78 is 7.82. The van der Waals surface area contributed by atoms with Gasteiger partial charge in [0.2, 0.25) is 5.91 Å². The Morgan fingerprint density at radius 1 is 1.21 bits per heavy atom. The van der Waals surface area contributed by atoms with Gasteiger partial charge in [0, 0.05) is 18.1 Å². The van der Waals surface area contributed by atoms with Crippen LogP contribution in [0, 0.1) is 5.92 Å². The number of aromatic nitrogens is 2. The number of carbonyl (C=O) groups is 1. The van der Waals surface area contributed by atoms with Crippen LogP contribution in [0.15, 0.2) is 48.5 Å². The molecule has 3 aromatic rings. The topological polar surface area (TPSA) is 73.4 Å². The molecule has 29 heavy (non-hydrogen) atoms. The van der Waals surface area contributed by atoms with Crippen molar-refractivity contribution >= 4 is 40.9 Å². The maximum atomic E-state index is 12.9. The molecular weight excluding hydrogens is 411 g/mol. The number of fused-ring (bicyclic) bond motifs is 1. The first-order valence-electron chi connectivity index (χ1n) is 9.44. The van der Waals surface area contributed by atoms with Crippen LogP contribution in [0.2, 0.25) is 5.02 Å². The molecule has 0 radical (unpaired) electrons. The second kappa shape index (κ2) is 9.48. The lowest BCUT2D eigenvalue weighted by atomic mass is 10.1. The smallest absolute Gasteiger partial charge is 0.242 e. The Bertz CT molecular complexity index is 974. The molecule has 0 bridgehead atoms. The fraction of sp³-hybridized carbons (Fsp3) is 0.333. The maximum Gasteiger partial charge on any atom is 0.242 e. The average Bonchev–Trinajstić information content (AvgIpc) is 3.33. The normalized spacial score (nSPS) is 16.1. The Morgan fingerprint density at radius 3 is 2.69 bits per heavy atom. The Kier molecular flexibility index (Phi) is 7.00. The third-order valence-corrected chi connectivity index (χ3v) is 5.43.